The minimum Gasteiger partial charge on any atom is -0.363 e. The van der Waals surface area contributed by atoms with Gasteiger partial charge in [-0.05, 0) is 31.0 Å². The second-order valence-electron chi connectivity index (χ2n) is 5.16. The molecule has 0 fully saturated rings. The van der Waals surface area contributed by atoms with E-state index in [4.69, 9.17) is 17.3 Å². The topological polar surface area (TPSA) is 29.3 Å². The first-order chi connectivity index (χ1) is 9.63. The number of anilines is 1. The SMILES string of the molecule is CC(C)N(Cc1ccccc1)c1c(Cl)cccc1CN. The van der Waals surface area contributed by atoms with Crippen molar-refractivity contribution in [2.75, 3.05) is 4.90 Å². The third kappa shape index (κ3) is 3.33. The highest BCUT2D eigenvalue weighted by Crippen LogP contribution is 2.32. The summed E-state index contributed by atoms with van der Waals surface area (Å²) in [7, 11) is 0. The summed E-state index contributed by atoms with van der Waals surface area (Å²) >= 11 is 6.42. The molecule has 0 aliphatic heterocycles. The zero-order chi connectivity index (χ0) is 14.5. The Morgan fingerprint density at radius 2 is 1.75 bits per heavy atom. The van der Waals surface area contributed by atoms with Crippen LogP contribution in [0.5, 0.6) is 0 Å². The van der Waals surface area contributed by atoms with E-state index < -0.39 is 0 Å². The summed E-state index contributed by atoms with van der Waals surface area (Å²) < 4.78 is 0. The van der Waals surface area contributed by atoms with Crippen LogP contribution in [0.15, 0.2) is 48.5 Å². The summed E-state index contributed by atoms with van der Waals surface area (Å²) in [5.74, 6) is 0. The van der Waals surface area contributed by atoms with Crippen molar-refractivity contribution in [1.29, 1.82) is 0 Å². The van der Waals surface area contributed by atoms with Crippen molar-refractivity contribution < 1.29 is 0 Å². The summed E-state index contributed by atoms with van der Waals surface area (Å²) in [4.78, 5) is 2.31. The average molecular weight is 289 g/mol. The van der Waals surface area contributed by atoms with Gasteiger partial charge in [0.05, 0.1) is 10.7 Å². The van der Waals surface area contributed by atoms with E-state index in [9.17, 15) is 0 Å². The third-order valence-corrected chi connectivity index (χ3v) is 3.70. The number of para-hydroxylation sites is 1. The molecule has 0 atom stereocenters. The lowest BCUT2D eigenvalue weighted by Crippen LogP contribution is -2.31. The van der Waals surface area contributed by atoms with Gasteiger partial charge in [0.15, 0.2) is 0 Å². The van der Waals surface area contributed by atoms with Gasteiger partial charge in [-0.1, -0.05) is 54.1 Å². The van der Waals surface area contributed by atoms with Crippen molar-refractivity contribution >= 4 is 17.3 Å². The van der Waals surface area contributed by atoms with Crippen LogP contribution in [-0.4, -0.2) is 6.04 Å². The first kappa shape index (κ1) is 14.9. The van der Waals surface area contributed by atoms with Gasteiger partial charge in [-0.25, -0.2) is 0 Å². The van der Waals surface area contributed by atoms with Crippen LogP contribution in [0.25, 0.3) is 0 Å². The number of hydrogen-bond donors (Lipinski definition) is 1. The molecule has 2 aromatic rings. The van der Waals surface area contributed by atoms with E-state index in [0.29, 0.717) is 12.6 Å². The maximum absolute atomic E-state index is 6.42. The van der Waals surface area contributed by atoms with Gasteiger partial charge in [0, 0.05) is 19.1 Å². The van der Waals surface area contributed by atoms with Crippen LogP contribution in [0.4, 0.5) is 5.69 Å². The molecule has 2 aromatic carbocycles. The fourth-order valence-electron chi connectivity index (χ4n) is 2.35. The van der Waals surface area contributed by atoms with Crippen molar-refractivity contribution in [2.24, 2.45) is 5.73 Å². The Morgan fingerprint density at radius 1 is 1.05 bits per heavy atom. The van der Waals surface area contributed by atoms with Crippen molar-refractivity contribution in [2.45, 2.75) is 33.0 Å². The molecule has 0 amide bonds. The summed E-state index contributed by atoms with van der Waals surface area (Å²) in [6.07, 6.45) is 0. The van der Waals surface area contributed by atoms with Gasteiger partial charge in [-0.15, -0.1) is 0 Å². The second-order valence-corrected chi connectivity index (χ2v) is 5.57. The van der Waals surface area contributed by atoms with Crippen LogP contribution < -0.4 is 10.6 Å². The van der Waals surface area contributed by atoms with Gasteiger partial charge >= 0.3 is 0 Å². The standard InChI is InChI=1S/C17H21ClN2/c1-13(2)20(12-14-7-4-3-5-8-14)17-15(11-19)9-6-10-16(17)18/h3-10,13H,11-12,19H2,1-2H3. The lowest BCUT2D eigenvalue weighted by atomic mass is 10.1. The molecule has 2 rings (SSSR count). The van der Waals surface area contributed by atoms with Gasteiger partial charge in [0.1, 0.15) is 0 Å². The van der Waals surface area contributed by atoms with Crippen LogP contribution in [0, 0.1) is 0 Å². The highest BCUT2D eigenvalue weighted by atomic mass is 35.5. The minimum atomic E-state index is 0.348. The molecule has 106 valence electrons. The molecule has 0 radical (unpaired) electrons. The Kier molecular flexibility index (Phi) is 5.05. The first-order valence-corrected chi connectivity index (χ1v) is 7.29. The maximum atomic E-state index is 6.42. The normalized spacial score (nSPS) is 10.8. The zero-order valence-electron chi connectivity index (χ0n) is 12.0. The Hall–Kier alpha value is -1.51. The quantitative estimate of drug-likeness (QED) is 0.893. The molecule has 0 aliphatic rings. The number of nitrogens with zero attached hydrogens (tertiary/aromatic N) is 1. The van der Waals surface area contributed by atoms with Crippen molar-refractivity contribution in [1.82, 2.24) is 0 Å². The van der Waals surface area contributed by atoms with E-state index in [1.165, 1.54) is 5.56 Å². The highest BCUT2D eigenvalue weighted by Gasteiger charge is 2.17. The predicted molar refractivity (Wildman–Crippen MR) is 87.1 cm³/mol. The summed E-state index contributed by atoms with van der Waals surface area (Å²) in [5, 5.41) is 0.762. The van der Waals surface area contributed by atoms with Gasteiger partial charge < -0.3 is 10.6 Å². The van der Waals surface area contributed by atoms with Crippen LogP contribution in [0.2, 0.25) is 5.02 Å². The number of nitrogens with two attached hydrogens (primary N) is 1. The summed E-state index contributed by atoms with van der Waals surface area (Å²) in [6, 6.07) is 16.7. The first-order valence-electron chi connectivity index (χ1n) is 6.91. The van der Waals surface area contributed by atoms with Gasteiger partial charge in [-0.3, -0.25) is 0 Å². The Balaban J connectivity index is 2.39. The second kappa shape index (κ2) is 6.78. The molecule has 0 aliphatic carbocycles. The third-order valence-electron chi connectivity index (χ3n) is 3.40. The monoisotopic (exact) mass is 288 g/mol. The molecule has 20 heavy (non-hydrogen) atoms. The van der Waals surface area contributed by atoms with E-state index in [0.717, 1.165) is 22.8 Å². The number of benzene rings is 2. The molecule has 2 N–H and O–H groups in total. The molecule has 0 aromatic heterocycles. The fourth-order valence-corrected chi connectivity index (χ4v) is 2.65. The van der Waals surface area contributed by atoms with Crippen molar-refractivity contribution in [3.63, 3.8) is 0 Å². The average Bonchev–Trinajstić information content (AvgIpc) is 2.46. The van der Waals surface area contributed by atoms with Crippen LogP contribution in [0.3, 0.4) is 0 Å². The highest BCUT2D eigenvalue weighted by molar-refractivity contribution is 6.33. The van der Waals surface area contributed by atoms with Gasteiger partial charge in [0.25, 0.3) is 0 Å². The van der Waals surface area contributed by atoms with E-state index in [2.05, 4.69) is 43.0 Å². The Morgan fingerprint density at radius 3 is 2.35 bits per heavy atom. The lowest BCUT2D eigenvalue weighted by Gasteiger charge is -2.32. The Bertz CT molecular complexity index is 552. The smallest absolute Gasteiger partial charge is 0.0643 e. The molecule has 2 nitrogen and oxygen atoms in total. The minimum absolute atomic E-state index is 0.348. The van der Waals surface area contributed by atoms with E-state index in [-0.39, 0.29) is 0 Å². The number of hydrogen-bond acceptors (Lipinski definition) is 2. The summed E-state index contributed by atoms with van der Waals surface area (Å²) in [6.45, 7) is 5.67. The molecule has 0 saturated carbocycles. The van der Waals surface area contributed by atoms with Gasteiger partial charge in [0.2, 0.25) is 0 Å². The van der Waals surface area contributed by atoms with Crippen LogP contribution in [-0.2, 0) is 13.1 Å². The predicted octanol–water partition coefficient (Wildman–Crippen LogP) is 4.21. The Labute approximate surface area is 126 Å². The van der Waals surface area contributed by atoms with Crippen molar-refractivity contribution in [3.8, 4) is 0 Å². The zero-order valence-corrected chi connectivity index (χ0v) is 12.8. The van der Waals surface area contributed by atoms with E-state index in [1.54, 1.807) is 0 Å². The molecule has 0 unspecified atom stereocenters. The lowest BCUT2D eigenvalue weighted by molar-refractivity contribution is 0.678. The van der Waals surface area contributed by atoms with Crippen LogP contribution in [0.1, 0.15) is 25.0 Å². The maximum Gasteiger partial charge on any atom is 0.0643 e. The summed E-state index contributed by atoms with van der Waals surface area (Å²) in [5.41, 5.74) is 9.27. The van der Waals surface area contributed by atoms with Crippen LogP contribution >= 0.6 is 11.6 Å². The van der Waals surface area contributed by atoms with E-state index in [1.807, 2.05) is 24.3 Å². The molecule has 3 heteroatoms. The molecular weight excluding hydrogens is 268 g/mol. The fraction of sp³-hybridized carbons (Fsp3) is 0.294. The van der Waals surface area contributed by atoms with Crippen molar-refractivity contribution in [3.05, 3.63) is 64.7 Å². The molecule has 0 heterocycles. The number of halogens is 1. The molecule has 0 spiro atoms. The largest absolute Gasteiger partial charge is 0.363 e. The molecule has 0 saturated heterocycles. The van der Waals surface area contributed by atoms with Gasteiger partial charge in [-0.2, -0.15) is 0 Å². The molecular formula is C17H21ClN2. The van der Waals surface area contributed by atoms with E-state index >= 15 is 0 Å². The molecule has 0 bridgehead atoms. The number of rotatable bonds is 5.